The molecular weight excluding hydrogens is 212 g/mol. The van der Waals surface area contributed by atoms with Gasteiger partial charge in [-0.3, -0.25) is 4.98 Å². The van der Waals surface area contributed by atoms with Gasteiger partial charge in [-0.1, -0.05) is 24.3 Å². The molecule has 0 bridgehead atoms. The third-order valence-electron chi connectivity index (χ3n) is 3.18. The number of para-hydroxylation sites is 1. The molecule has 0 saturated carbocycles. The first kappa shape index (κ1) is 10.7. The van der Waals surface area contributed by atoms with Gasteiger partial charge in [-0.25, -0.2) is 0 Å². The molecule has 1 saturated heterocycles. The minimum atomic E-state index is 0.413. The van der Waals surface area contributed by atoms with Crippen LogP contribution in [0, 0.1) is 0 Å². The number of nitrogens with zero attached hydrogens (tertiary/aromatic N) is 1. The molecular formula is C14H16N2O. The van der Waals surface area contributed by atoms with Crippen LogP contribution in [0.2, 0.25) is 0 Å². The normalized spacial score (nSPS) is 20.6. The van der Waals surface area contributed by atoms with Crippen molar-refractivity contribution in [2.24, 2.45) is 0 Å². The fourth-order valence-corrected chi connectivity index (χ4v) is 2.35. The quantitative estimate of drug-likeness (QED) is 0.850. The standard InChI is InChI=1S/C14H16N2O/c1-3-11-5-2-6-16-14(11)12(4-1)9-13-10-17-8-7-15-13/h1-6,13,15H,7-10H2. The van der Waals surface area contributed by atoms with Crippen molar-refractivity contribution in [1.82, 2.24) is 10.3 Å². The first-order chi connectivity index (χ1) is 8.43. The van der Waals surface area contributed by atoms with Crippen molar-refractivity contribution < 1.29 is 4.74 Å². The zero-order valence-corrected chi connectivity index (χ0v) is 9.73. The molecule has 1 aromatic heterocycles. The third kappa shape index (κ3) is 2.30. The van der Waals surface area contributed by atoms with Crippen LogP contribution in [0.25, 0.3) is 10.9 Å². The lowest BCUT2D eigenvalue weighted by atomic mass is 10.0. The van der Waals surface area contributed by atoms with Gasteiger partial charge in [-0.05, 0) is 18.1 Å². The zero-order valence-electron chi connectivity index (χ0n) is 9.73. The van der Waals surface area contributed by atoms with Crippen molar-refractivity contribution in [3.63, 3.8) is 0 Å². The summed E-state index contributed by atoms with van der Waals surface area (Å²) in [7, 11) is 0. The van der Waals surface area contributed by atoms with Gasteiger partial charge < -0.3 is 10.1 Å². The summed E-state index contributed by atoms with van der Waals surface area (Å²) in [6.45, 7) is 2.57. The van der Waals surface area contributed by atoms with Crippen molar-refractivity contribution >= 4 is 10.9 Å². The Labute approximate surface area is 101 Å². The van der Waals surface area contributed by atoms with E-state index in [1.54, 1.807) is 0 Å². The van der Waals surface area contributed by atoms with Gasteiger partial charge in [0.1, 0.15) is 0 Å². The van der Waals surface area contributed by atoms with Crippen LogP contribution in [0.4, 0.5) is 0 Å². The van der Waals surface area contributed by atoms with Gasteiger partial charge in [0.15, 0.2) is 0 Å². The van der Waals surface area contributed by atoms with Crippen molar-refractivity contribution in [2.45, 2.75) is 12.5 Å². The van der Waals surface area contributed by atoms with E-state index in [2.05, 4.69) is 34.6 Å². The maximum absolute atomic E-state index is 5.48. The average molecular weight is 228 g/mol. The number of hydrogen-bond donors (Lipinski definition) is 1. The number of aromatic nitrogens is 1. The Morgan fingerprint density at radius 2 is 2.24 bits per heavy atom. The van der Waals surface area contributed by atoms with Crippen molar-refractivity contribution in [3.8, 4) is 0 Å². The molecule has 3 heteroatoms. The van der Waals surface area contributed by atoms with Crippen molar-refractivity contribution in [1.29, 1.82) is 0 Å². The van der Waals surface area contributed by atoms with E-state index in [1.165, 1.54) is 10.9 Å². The number of benzene rings is 1. The number of fused-ring (bicyclic) bond motifs is 1. The molecule has 0 spiro atoms. The summed E-state index contributed by atoms with van der Waals surface area (Å²) >= 11 is 0. The van der Waals surface area contributed by atoms with E-state index in [0.29, 0.717) is 6.04 Å². The van der Waals surface area contributed by atoms with Gasteiger partial charge in [0.05, 0.1) is 18.7 Å². The van der Waals surface area contributed by atoms with E-state index in [4.69, 9.17) is 4.74 Å². The first-order valence-corrected chi connectivity index (χ1v) is 6.07. The van der Waals surface area contributed by atoms with Crippen LogP contribution in [0.1, 0.15) is 5.56 Å². The minimum Gasteiger partial charge on any atom is -0.379 e. The van der Waals surface area contributed by atoms with Crippen LogP contribution < -0.4 is 5.32 Å². The Balaban J connectivity index is 1.89. The summed E-state index contributed by atoms with van der Waals surface area (Å²) in [4.78, 5) is 4.48. The van der Waals surface area contributed by atoms with Crippen LogP contribution in [0.15, 0.2) is 36.5 Å². The summed E-state index contributed by atoms with van der Waals surface area (Å²) < 4.78 is 5.48. The molecule has 2 heterocycles. The van der Waals surface area contributed by atoms with Crippen molar-refractivity contribution in [3.05, 3.63) is 42.1 Å². The maximum atomic E-state index is 5.48. The van der Waals surface area contributed by atoms with Crippen LogP contribution in [0.3, 0.4) is 0 Å². The van der Waals surface area contributed by atoms with Crippen molar-refractivity contribution in [2.75, 3.05) is 19.8 Å². The van der Waals surface area contributed by atoms with E-state index >= 15 is 0 Å². The fourth-order valence-electron chi connectivity index (χ4n) is 2.35. The Kier molecular flexibility index (Phi) is 3.03. The number of hydrogen-bond acceptors (Lipinski definition) is 3. The highest BCUT2D eigenvalue weighted by molar-refractivity contribution is 5.81. The molecule has 1 atom stereocenters. The maximum Gasteiger partial charge on any atom is 0.0734 e. The molecule has 1 fully saturated rings. The van der Waals surface area contributed by atoms with Gasteiger partial charge in [0.2, 0.25) is 0 Å². The molecule has 1 N–H and O–H groups in total. The van der Waals surface area contributed by atoms with Gasteiger partial charge in [0.25, 0.3) is 0 Å². The zero-order chi connectivity index (χ0) is 11.5. The van der Waals surface area contributed by atoms with Gasteiger partial charge >= 0.3 is 0 Å². The molecule has 1 aliphatic heterocycles. The number of rotatable bonds is 2. The van der Waals surface area contributed by atoms with Crippen LogP contribution in [-0.4, -0.2) is 30.8 Å². The van der Waals surface area contributed by atoms with E-state index in [0.717, 1.165) is 31.7 Å². The fraction of sp³-hybridized carbons (Fsp3) is 0.357. The van der Waals surface area contributed by atoms with E-state index in [1.807, 2.05) is 12.3 Å². The number of nitrogens with one attached hydrogen (secondary N) is 1. The van der Waals surface area contributed by atoms with Crippen LogP contribution in [-0.2, 0) is 11.2 Å². The highest BCUT2D eigenvalue weighted by atomic mass is 16.5. The molecule has 2 aromatic rings. The molecule has 1 unspecified atom stereocenters. The number of ether oxygens (including phenoxy) is 1. The summed E-state index contributed by atoms with van der Waals surface area (Å²) in [5.41, 5.74) is 2.41. The second-order valence-corrected chi connectivity index (χ2v) is 4.42. The molecule has 0 radical (unpaired) electrons. The lowest BCUT2D eigenvalue weighted by Crippen LogP contribution is -2.42. The lowest BCUT2D eigenvalue weighted by molar-refractivity contribution is 0.0771. The summed E-state index contributed by atoms with van der Waals surface area (Å²) in [5.74, 6) is 0. The van der Waals surface area contributed by atoms with Crippen LogP contribution in [0.5, 0.6) is 0 Å². The first-order valence-electron chi connectivity index (χ1n) is 6.07. The third-order valence-corrected chi connectivity index (χ3v) is 3.18. The van der Waals surface area contributed by atoms with E-state index in [9.17, 15) is 0 Å². The average Bonchev–Trinajstić information content (AvgIpc) is 2.40. The Bertz CT molecular complexity index is 501. The van der Waals surface area contributed by atoms with Gasteiger partial charge in [-0.2, -0.15) is 0 Å². The number of morpholine rings is 1. The Morgan fingerprint density at radius 1 is 1.29 bits per heavy atom. The Morgan fingerprint density at radius 3 is 3.12 bits per heavy atom. The predicted octanol–water partition coefficient (Wildman–Crippen LogP) is 1.77. The minimum absolute atomic E-state index is 0.413. The van der Waals surface area contributed by atoms with Gasteiger partial charge in [-0.15, -0.1) is 0 Å². The molecule has 3 nitrogen and oxygen atoms in total. The second kappa shape index (κ2) is 4.82. The van der Waals surface area contributed by atoms with E-state index in [-0.39, 0.29) is 0 Å². The number of pyridine rings is 1. The second-order valence-electron chi connectivity index (χ2n) is 4.42. The Hall–Kier alpha value is -1.45. The highest BCUT2D eigenvalue weighted by Gasteiger charge is 2.14. The summed E-state index contributed by atoms with van der Waals surface area (Å²) in [6.07, 6.45) is 2.84. The predicted molar refractivity (Wildman–Crippen MR) is 68.1 cm³/mol. The van der Waals surface area contributed by atoms with Gasteiger partial charge in [0, 0.05) is 24.2 Å². The smallest absolute Gasteiger partial charge is 0.0734 e. The lowest BCUT2D eigenvalue weighted by Gasteiger charge is -2.24. The van der Waals surface area contributed by atoms with Crippen LogP contribution >= 0.6 is 0 Å². The molecule has 1 aliphatic rings. The molecule has 88 valence electrons. The SMILES string of the molecule is c1cnc2c(CC3COCCN3)cccc2c1. The highest BCUT2D eigenvalue weighted by Crippen LogP contribution is 2.17. The molecule has 0 amide bonds. The summed E-state index contributed by atoms with van der Waals surface area (Å²) in [5, 5.41) is 4.69. The topological polar surface area (TPSA) is 34.1 Å². The molecule has 17 heavy (non-hydrogen) atoms. The molecule has 1 aromatic carbocycles. The molecule has 0 aliphatic carbocycles. The monoisotopic (exact) mass is 228 g/mol. The van der Waals surface area contributed by atoms with E-state index < -0.39 is 0 Å². The largest absolute Gasteiger partial charge is 0.379 e. The molecule has 3 rings (SSSR count). The summed E-state index contributed by atoms with van der Waals surface area (Å²) in [6, 6.07) is 10.9.